The van der Waals surface area contributed by atoms with Crippen molar-refractivity contribution in [3.8, 4) is 0 Å². The molecule has 0 aliphatic carbocycles. The van der Waals surface area contributed by atoms with Gasteiger partial charge in [0.25, 0.3) is 0 Å². The molecule has 1 aromatic heterocycles. The Morgan fingerprint density at radius 1 is 1.40 bits per heavy atom. The van der Waals surface area contributed by atoms with Crippen LogP contribution in [-0.2, 0) is 16.0 Å². The second kappa shape index (κ2) is 5.61. The molecule has 5 nitrogen and oxygen atoms in total. The van der Waals surface area contributed by atoms with Crippen molar-refractivity contribution >= 4 is 11.8 Å². The molecule has 1 fully saturated rings. The zero-order valence-corrected chi connectivity index (χ0v) is 12.2. The molecule has 2 rings (SSSR count). The summed E-state index contributed by atoms with van der Waals surface area (Å²) in [6.45, 7) is 5.97. The molecular weight excluding hydrogens is 254 g/mol. The highest BCUT2D eigenvalue weighted by Crippen LogP contribution is 2.21. The molecule has 2 atom stereocenters. The number of piperazine rings is 1. The van der Waals surface area contributed by atoms with Crippen molar-refractivity contribution in [1.29, 1.82) is 0 Å². The number of nitrogens with zero attached hydrogens (tertiary/aromatic N) is 2. The van der Waals surface area contributed by atoms with Crippen molar-refractivity contribution in [2.45, 2.75) is 45.2 Å². The molecule has 0 spiro atoms. The summed E-state index contributed by atoms with van der Waals surface area (Å²) in [6, 6.07) is 5.29. The van der Waals surface area contributed by atoms with E-state index in [9.17, 15) is 9.59 Å². The number of amides is 2. The predicted octanol–water partition coefficient (Wildman–Crippen LogP) is 1.14. The summed E-state index contributed by atoms with van der Waals surface area (Å²) in [7, 11) is 0. The highest BCUT2D eigenvalue weighted by Gasteiger charge is 2.44. The molecule has 1 aliphatic rings. The molecular formula is C15H21N3O2. The van der Waals surface area contributed by atoms with Crippen LogP contribution in [0.15, 0.2) is 24.4 Å². The minimum absolute atomic E-state index is 0.0111. The lowest BCUT2D eigenvalue weighted by atomic mass is 9.92. The first kappa shape index (κ1) is 14.5. The first-order valence-corrected chi connectivity index (χ1v) is 7.01. The van der Waals surface area contributed by atoms with E-state index in [0.717, 1.165) is 5.69 Å². The fraction of sp³-hybridized carbons (Fsp3) is 0.533. The van der Waals surface area contributed by atoms with Crippen LogP contribution >= 0.6 is 0 Å². The minimum atomic E-state index is -0.784. The monoisotopic (exact) mass is 275 g/mol. The van der Waals surface area contributed by atoms with Crippen molar-refractivity contribution in [2.24, 2.45) is 0 Å². The van der Waals surface area contributed by atoms with Gasteiger partial charge < -0.3 is 10.2 Å². The van der Waals surface area contributed by atoms with Gasteiger partial charge in [0, 0.05) is 24.9 Å². The van der Waals surface area contributed by atoms with Gasteiger partial charge in [0.15, 0.2) is 0 Å². The highest BCUT2D eigenvalue weighted by molar-refractivity contribution is 5.99. The van der Waals surface area contributed by atoms with Crippen molar-refractivity contribution in [1.82, 2.24) is 15.2 Å². The summed E-state index contributed by atoms with van der Waals surface area (Å²) < 4.78 is 0. The van der Waals surface area contributed by atoms with E-state index in [-0.39, 0.29) is 11.8 Å². The fourth-order valence-electron chi connectivity index (χ4n) is 2.38. The maximum atomic E-state index is 12.5. The molecule has 2 unspecified atom stereocenters. The van der Waals surface area contributed by atoms with Crippen molar-refractivity contribution in [3.63, 3.8) is 0 Å². The third-order valence-electron chi connectivity index (χ3n) is 4.02. The van der Waals surface area contributed by atoms with Gasteiger partial charge in [-0.05, 0) is 32.4 Å². The van der Waals surface area contributed by atoms with Gasteiger partial charge in [-0.3, -0.25) is 14.6 Å². The zero-order valence-electron chi connectivity index (χ0n) is 12.2. The van der Waals surface area contributed by atoms with E-state index >= 15 is 0 Å². The predicted molar refractivity (Wildman–Crippen MR) is 76.0 cm³/mol. The lowest BCUT2D eigenvalue weighted by Crippen LogP contribution is -2.68. The largest absolute Gasteiger partial charge is 0.340 e. The molecule has 1 aromatic rings. The number of hydrogen-bond acceptors (Lipinski definition) is 3. The topological polar surface area (TPSA) is 62.3 Å². The van der Waals surface area contributed by atoms with Crippen LogP contribution in [0.5, 0.6) is 0 Å². The Hall–Kier alpha value is -1.91. The van der Waals surface area contributed by atoms with Gasteiger partial charge in [0.05, 0.1) is 0 Å². The summed E-state index contributed by atoms with van der Waals surface area (Å²) in [6.07, 6.45) is 2.98. The number of rotatable bonds is 4. The number of carbonyl (C=O) groups excluding carboxylic acids is 2. The Balaban J connectivity index is 2.12. The molecule has 108 valence electrons. The van der Waals surface area contributed by atoms with Crippen molar-refractivity contribution < 1.29 is 9.59 Å². The lowest BCUT2D eigenvalue weighted by Gasteiger charge is -2.43. The number of pyridine rings is 1. The molecule has 0 bridgehead atoms. The Kier molecular flexibility index (Phi) is 4.06. The number of hydrogen-bond donors (Lipinski definition) is 1. The van der Waals surface area contributed by atoms with Crippen LogP contribution in [0.3, 0.4) is 0 Å². The highest BCUT2D eigenvalue weighted by atomic mass is 16.2. The van der Waals surface area contributed by atoms with E-state index in [1.165, 1.54) is 0 Å². The minimum Gasteiger partial charge on any atom is -0.340 e. The Labute approximate surface area is 119 Å². The van der Waals surface area contributed by atoms with Crippen LogP contribution in [0.2, 0.25) is 0 Å². The Bertz CT molecular complexity index is 503. The number of carbonyl (C=O) groups is 2. The molecule has 2 amide bonds. The van der Waals surface area contributed by atoms with Gasteiger partial charge in [-0.2, -0.15) is 0 Å². The SMILES string of the molecule is CCC1(C)NC(=O)C(C)N(CCc2ccccn2)C1=O. The Morgan fingerprint density at radius 2 is 2.15 bits per heavy atom. The molecule has 2 heterocycles. The van der Waals surface area contributed by atoms with Crippen LogP contribution in [0, 0.1) is 0 Å². The number of nitrogens with one attached hydrogen (secondary N) is 1. The van der Waals surface area contributed by atoms with Gasteiger partial charge in [-0.15, -0.1) is 0 Å². The second-order valence-electron chi connectivity index (χ2n) is 5.42. The molecule has 1 aliphatic heterocycles. The lowest BCUT2D eigenvalue weighted by molar-refractivity contribution is -0.153. The molecule has 20 heavy (non-hydrogen) atoms. The van der Waals surface area contributed by atoms with Crippen molar-refractivity contribution in [3.05, 3.63) is 30.1 Å². The van der Waals surface area contributed by atoms with Crippen LogP contribution in [0.4, 0.5) is 0 Å². The zero-order chi connectivity index (χ0) is 14.8. The van der Waals surface area contributed by atoms with Crippen LogP contribution in [-0.4, -0.2) is 39.8 Å². The van der Waals surface area contributed by atoms with E-state index in [4.69, 9.17) is 0 Å². The average molecular weight is 275 g/mol. The molecule has 0 radical (unpaired) electrons. The second-order valence-corrected chi connectivity index (χ2v) is 5.42. The first-order chi connectivity index (χ1) is 9.48. The average Bonchev–Trinajstić information content (AvgIpc) is 2.46. The quantitative estimate of drug-likeness (QED) is 0.896. The normalized spacial score (nSPS) is 26.6. The molecule has 0 saturated carbocycles. The number of aromatic nitrogens is 1. The van der Waals surface area contributed by atoms with E-state index in [1.54, 1.807) is 24.9 Å². The van der Waals surface area contributed by atoms with Gasteiger partial charge in [0.2, 0.25) is 11.8 Å². The Morgan fingerprint density at radius 3 is 2.75 bits per heavy atom. The third-order valence-corrected chi connectivity index (χ3v) is 4.02. The molecule has 1 N–H and O–H groups in total. The third kappa shape index (κ3) is 2.66. The summed E-state index contributed by atoms with van der Waals surface area (Å²) >= 11 is 0. The molecule has 1 saturated heterocycles. The maximum Gasteiger partial charge on any atom is 0.248 e. The van der Waals surface area contributed by atoms with E-state index in [1.807, 2.05) is 25.1 Å². The van der Waals surface area contributed by atoms with E-state index in [0.29, 0.717) is 19.4 Å². The van der Waals surface area contributed by atoms with Crippen molar-refractivity contribution in [2.75, 3.05) is 6.54 Å². The fourth-order valence-corrected chi connectivity index (χ4v) is 2.38. The van der Waals surface area contributed by atoms with Crippen LogP contribution < -0.4 is 5.32 Å². The first-order valence-electron chi connectivity index (χ1n) is 7.01. The smallest absolute Gasteiger partial charge is 0.248 e. The van der Waals surface area contributed by atoms with Gasteiger partial charge in [-0.1, -0.05) is 13.0 Å². The summed E-state index contributed by atoms with van der Waals surface area (Å²) in [4.78, 5) is 30.5. The van der Waals surface area contributed by atoms with E-state index in [2.05, 4.69) is 10.3 Å². The van der Waals surface area contributed by atoms with Crippen LogP contribution in [0.1, 0.15) is 32.9 Å². The van der Waals surface area contributed by atoms with Crippen LogP contribution in [0.25, 0.3) is 0 Å². The molecule has 5 heteroatoms. The summed E-state index contributed by atoms with van der Waals surface area (Å²) in [5.74, 6) is -0.0991. The van der Waals surface area contributed by atoms with Gasteiger partial charge >= 0.3 is 0 Å². The van der Waals surface area contributed by atoms with E-state index < -0.39 is 11.6 Å². The maximum absolute atomic E-state index is 12.5. The van der Waals surface area contributed by atoms with Gasteiger partial charge in [0.1, 0.15) is 11.6 Å². The van der Waals surface area contributed by atoms with Gasteiger partial charge in [-0.25, -0.2) is 0 Å². The summed E-state index contributed by atoms with van der Waals surface area (Å²) in [5.41, 5.74) is 0.143. The standard InChI is InChI=1S/C15H21N3O2/c1-4-15(3)14(20)18(11(2)13(19)17-15)10-8-12-7-5-6-9-16-12/h5-7,9,11H,4,8,10H2,1-3H3,(H,17,19). The molecule has 0 aromatic carbocycles. The summed E-state index contributed by atoms with van der Waals surface area (Å²) in [5, 5.41) is 2.82.